The third-order valence-corrected chi connectivity index (χ3v) is 2.73. The van der Waals surface area contributed by atoms with Crippen molar-refractivity contribution in [3.8, 4) is 0 Å². The van der Waals surface area contributed by atoms with Crippen LogP contribution in [0.4, 0.5) is 0 Å². The van der Waals surface area contributed by atoms with Crippen LogP contribution in [-0.4, -0.2) is 23.0 Å². The average molecular weight is 241 g/mol. The lowest BCUT2D eigenvalue weighted by Crippen LogP contribution is -2.43. The van der Waals surface area contributed by atoms with Gasteiger partial charge in [0.15, 0.2) is 0 Å². The standard InChI is InChI=1S/C11H19N3OS/c1-8-14-9(7-16-8)5-12-10(15)6-13-11(2,3)4/h7,13H,5-6H2,1-4H3,(H,12,15). The smallest absolute Gasteiger partial charge is 0.234 e. The number of carbonyl (C=O) groups is 1. The lowest BCUT2D eigenvalue weighted by molar-refractivity contribution is -0.120. The highest BCUT2D eigenvalue weighted by atomic mass is 32.1. The van der Waals surface area contributed by atoms with Crippen molar-refractivity contribution >= 4 is 17.2 Å². The van der Waals surface area contributed by atoms with E-state index in [4.69, 9.17) is 0 Å². The van der Waals surface area contributed by atoms with Gasteiger partial charge in [-0.2, -0.15) is 0 Å². The number of aryl methyl sites for hydroxylation is 1. The predicted octanol–water partition coefficient (Wildman–Crippen LogP) is 1.46. The molecule has 2 N–H and O–H groups in total. The van der Waals surface area contributed by atoms with Crippen LogP contribution in [-0.2, 0) is 11.3 Å². The summed E-state index contributed by atoms with van der Waals surface area (Å²) in [6.45, 7) is 8.90. The Bertz CT molecular complexity index is 354. The summed E-state index contributed by atoms with van der Waals surface area (Å²) in [5, 5.41) is 8.95. The Kier molecular flexibility index (Phi) is 4.44. The van der Waals surface area contributed by atoms with Crippen molar-refractivity contribution in [3.63, 3.8) is 0 Å². The number of thiazole rings is 1. The van der Waals surface area contributed by atoms with Crippen molar-refractivity contribution in [3.05, 3.63) is 16.1 Å². The van der Waals surface area contributed by atoms with Crippen LogP contribution in [0.3, 0.4) is 0 Å². The molecule has 1 heterocycles. The van der Waals surface area contributed by atoms with Gasteiger partial charge in [-0.05, 0) is 27.7 Å². The zero-order chi connectivity index (χ0) is 12.2. The summed E-state index contributed by atoms with van der Waals surface area (Å²) in [7, 11) is 0. The zero-order valence-electron chi connectivity index (χ0n) is 10.3. The van der Waals surface area contributed by atoms with Crippen LogP contribution in [0.15, 0.2) is 5.38 Å². The first-order chi connectivity index (χ1) is 7.37. The third kappa shape index (κ3) is 5.23. The molecule has 0 saturated carbocycles. The van der Waals surface area contributed by atoms with Gasteiger partial charge in [-0.15, -0.1) is 11.3 Å². The molecule has 0 aliphatic rings. The average Bonchev–Trinajstić information content (AvgIpc) is 2.57. The number of nitrogens with one attached hydrogen (secondary N) is 2. The number of nitrogens with zero attached hydrogens (tertiary/aromatic N) is 1. The molecule has 0 aromatic carbocycles. The van der Waals surface area contributed by atoms with Gasteiger partial charge in [0, 0.05) is 10.9 Å². The Morgan fingerprint density at radius 2 is 2.19 bits per heavy atom. The fraction of sp³-hybridized carbons (Fsp3) is 0.636. The van der Waals surface area contributed by atoms with Crippen LogP contribution in [0.5, 0.6) is 0 Å². The molecule has 90 valence electrons. The second kappa shape index (κ2) is 5.41. The molecule has 16 heavy (non-hydrogen) atoms. The Hall–Kier alpha value is -0.940. The number of aromatic nitrogens is 1. The van der Waals surface area contributed by atoms with Crippen molar-refractivity contribution in [1.82, 2.24) is 15.6 Å². The molecule has 0 saturated heterocycles. The molecule has 5 heteroatoms. The molecule has 0 spiro atoms. The molecule has 0 radical (unpaired) electrons. The molecule has 1 amide bonds. The van der Waals surface area contributed by atoms with Gasteiger partial charge >= 0.3 is 0 Å². The summed E-state index contributed by atoms with van der Waals surface area (Å²) in [6, 6.07) is 0. The van der Waals surface area contributed by atoms with Gasteiger partial charge in [0.1, 0.15) is 0 Å². The van der Waals surface area contributed by atoms with Crippen molar-refractivity contribution in [2.24, 2.45) is 0 Å². The van der Waals surface area contributed by atoms with E-state index in [1.165, 1.54) is 0 Å². The predicted molar refractivity (Wildman–Crippen MR) is 66.5 cm³/mol. The molecule has 1 rings (SSSR count). The summed E-state index contributed by atoms with van der Waals surface area (Å²) in [5.74, 6) is 0.000535. The summed E-state index contributed by atoms with van der Waals surface area (Å²) in [5.41, 5.74) is 0.890. The molecule has 0 aliphatic heterocycles. The topological polar surface area (TPSA) is 54.0 Å². The van der Waals surface area contributed by atoms with E-state index in [1.54, 1.807) is 11.3 Å². The maximum atomic E-state index is 11.5. The number of hydrogen-bond acceptors (Lipinski definition) is 4. The SMILES string of the molecule is Cc1nc(CNC(=O)CNC(C)(C)C)cs1. The molecule has 0 unspecified atom stereocenters. The fourth-order valence-corrected chi connectivity index (χ4v) is 1.70. The van der Waals surface area contributed by atoms with Gasteiger partial charge in [-0.3, -0.25) is 4.79 Å². The first-order valence-corrected chi connectivity index (χ1v) is 6.17. The van der Waals surface area contributed by atoms with Crippen molar-refractivity contribution in [1.29, 1.82) is 0 Å². The minimum atomic E-state index is -0.0332. The van der Waals surface area contributed by atoms with E-state index in [0.717, 1.165) is 10.7 Å². The van der Waals surface area contributed by atoms with E-state index in [1.807, 2.05) is 33.1 Å². The summed E-state index contributed by atoms with van der Waals surface area (Å²) < 4.78 is 0. The number of hydrogen-bond donors (Lipinski definition) is 2. The molecule has 0 bridgehead atoms. The second-order valence-electron chi connectivity index (χ2n) is 4.74. The lowest BCUT2D eigenvalue weighted by Gasteiger charge is -2.19. The fourth-order valence-electron chi connectivity index (χ4n) is 1.09. The van der Waals surface area contributed by atoms with Crippen LogP contribution in [0.2, 0.25) is 0 Å². The zero-order valence-corrected chi connectivity index (χ0v) is 11.1. The van der Waals surface area contributed by atoms with Crippen molar-refractivity contribution in [2.75, 3.05) is 6.54 Å². The highest BCUT2D eigenvalue weighted by Crippen LogP contribution is 2.07. The van der Waals surface area contributed by atoms with Crippen molar-refractivity contribution < 1.29 is 4.79 Å². The minimum absolute atomic E-state index is 0.000535. The van der Waals surface area contributed by atoms with E-state index in [-0.39, 0.29) is 11.4 Å². The Labute approximate surface area is 100 Å². The quantitative estimate of drug-likeness (QED) is 0.839. The van der Waals surface area contributed by atoms with Crippen LogP contribution < -0.4 is 10.6 Å². The summed E-state index contributed by atoms with van der Waals surface area (Å²) in [4.78, 5) is 15.7. The molecule has 4 nitrogen and oxygen atoms in total. The number of amides is 1. The van der Waals surface area contributed by atoms with E-state index in [0.29, 0.717) is 13.1 Å². The molecular formula is C11H19N3OS. The largest absolute Gasteiger partial charge is 0.349 e. The maximum absolute atomic E-state index is 11.5. The second-order valence-corrected chi connectivity index (χ2v) is 5.80. The van der Waals surface area contributed by atoms with Crippen LogP contribution >= 0.6 is 11.3 Å². The van der Waals surface area contributed by atoms with Gasteiger partial charge in [-0.1, -0.05) is 0 Å². The van der Waals surface area contributed by atoms with Crippen LogP contribution in [0.1, 0.15) is 31.5 Å². The molecule has 1 aromatic heterocycles. The lowest BCUT2D eigenvalue weighted by atomic mass is 10.1. The molecule has 1 aromatic rings. The molecule has 0 aliphatic carbocycles. The Balaban J connectivity index is 2.25. The Morgan fingerprint density at radius 3 is 2.69 bits per heavy atom. The van der Waals surface area contributed by atoms with Gasteiger partial charge in [0.05, 0.1) is 23.8 Å². The van der Waals surface area contributed by atoms with Gasteiger partial charge in [0.25, 0.3) is 0 Å². The van der Waals surface area contributed by atoms with Crippen LogP contribution in [0.25, 0.3) is 0 Å². The highest BCUT2D eigenvalue weighted by Gasteiger charge is 2.11. The van der Waals surface area contributed by atoms with Crippen molar-refractivity contribution in [2.45, 2.75) is 39.8 Å². The maximum Gasteiger partial charge on any atom is 0.234 e. The molecule has 0 fully saturated rings. The highest BCUT2D eigenvalue weighted by molar-refractivity contribution is 7.09. The first-order valence-electron chi connectivity index (χ1n) is 5.29. The van der Waals surface area contributed by atoms with Gasteiger partial charge in [-0.25, -0.2) is 4.98 Å². The first kappa shape index (κ1) is 13.1. The van der Waals surface area contributed by atoms with Crippen LogP contribution in [0, 0.1) is 6.92 Å². The minimum Gasteiger partial charge on any atom is -0.349 e. The van der Waals surface area contributed by atoms with Gasteiger partial charge < -0.3 is 10.6 Å². The monoisotopic (exact) mass is 241 g/mol. The summed E-state index contributed by atoms with van der Waals surface area (Å²) >= 11 is 1.60. The third-order valence-electron chi connectivity index (χ3n) is 1.91. The van der Waals surface area contributed by atoms with E-state index < -0.39 is 0 Å². The van der Waals surface area contributed by atoms with E-state index in [9.17, 15) is 4.79 Å². The molecule has 0 atom stereocenters. The normalized spacial score (nSPS) is 11.5. The van der Waals surface area contributed by atoms with E-state index in [2.05, 4.69) is 15.6 Å². The van der Waals surface area contributed by atoms with E-state index >= 15 is 0 Å². The summed E-state index contributed by atoms with van der Waals surface area (Å²) in [6.07, 6.45) is 0. The Morgan fingerprint density at radius 1 is 1.50 bits per heavy atom. The number of carbonyl (C=O) groups excluding carboxylic acids is 1. The molecular weight excluding hydrogens is 222 g/mol. The van der Waals surface area contributed by atoms with Gasteiger partial charge in [0.2, 0.25) is 5.91 Å². The number of rotatable bonds is 4.